The van der Waals surface area contributed by atoms with Gasteiger partial charge >= 0.3 is 0 Å². The van der Waals surface area contributed by atoms with Gasteiger partial charge in [0.15, 0.2) is 0 Å². The molecule has 0 atom stereocenters. The summed E-state index contributed by atoms with van der Waals surface area (Å²) in [6.45, 7) is 6.61. The molecule has 1 aliphatic heterocycles. The van der Waals surface area contributed by atoms with Gasteiger partial charge in [-0.2, -0.15) is 0 Å². The number of hydrazine groups is 1. The van der Waals surface area contributed by atoms with Gasteiger partial charge in [0.1, 0.15) is 4.90 Å². The predicted octanol–water partition coefficient (Wildman–Crippen LogP) is 3.60. The van der Waals surface area contributed by atoms with Crippen LogP contribution in [0, 0.1) is 6.92 Å². The summed E-state index contributed by atoms with van der Waals surface area (Å²) in [6.07, 6.45) is 2.32. The van der Waals surface area contributed by atoms with E-state index in [1.54, 1.807) is 12.1 Å². The van der Waals surface area contributed by atoms with Gasteiger partial charge in [0, 0.05) is 24.7 Å². The van der Waals surface area contributed by atoms with Crippen molar-refractivity contribution in [2.45, 2.75) is 30.1 Å². The number of aryl methyl sites for hydroxylation is 2. The Morgan fingerprint density at radius 2 is 1.83 bits per heavy atom. The number of rotatable bonds is 5. The summed E-state index contributed by atoms with van der Waals surface area (Å²) < 4.78 is 32.4. The first-order chi connectivity index (χ1) is 14.0. The Bertz CT molecular complexity index is 1120. The zero-order chi connectivity index (χ0) is 20.4. The van der Waals surface area contributed by atoms with E-state index in [2.05, 4.69) is 10.4 Å². The first-order valence-electron chi connectivity index (χ1n) is 9.82. The minimum Gasteiger partial charge on any atom is -0.379 e. The number of pyridine rings is 1. The molecule has 0 spiro atoms. The summed E-state index contributed by atoms with van der Waals surface area (Å²) in [5.41, 5.74) is 6.83. The van der Waals surface area contributed by atoms with Gasteiger partial charge in [0.25, 0.3) is 0 Å². The molecule has 1 aliphatic rings. The van der Waals surface area contributed by atoms with E-state index in [1.807, 2.05) is 49.2 Å². The topological polar surface area (TPSA) is 71.5 Å². The fraction of sp³-hybridized carbons (Fsp3) is 0.318. The first kappa shape index (κ1) is 19.8. The van der Waals surface area contributed by atoms with Gasteiger partial charge in [-0.15, -0.1) is 0 Å². The number of aromatic nitrogens is 1. The minimum absolute atomic E-state index is 0.186. The summed E-state index contributed by atoms with van der Waals surface area (Å²) in [6, 6.07) is 12.9. The van der Waals surface area contributed by atoms with Gasteiger partial charge in [0.05, 0.1) is 29.3 Å². The van der Waals surface area contributed by atoms with E-state index < -0.39 is 9.84 Å². The van der Waals surface area contributed by atoms with Crippen molar-refractivity contribution in [3.8, 4) is 0 Å². The van der Waals surface area contributed by atoms with Crippen molar-refractivity contribution in [1.29, 1.82) is 0 Å². The second kappa shape index (κ2) is 8.10. The second-order valence-electron chi connectivity index (χ2n) is 7.23. The van der Waals surface area contributed by atoms with Gasteiger partial charge < -0.3 is 10.2 Å². The molecule has 1 fully saturated rings. The number of morpholine rings is 1. The lowest BCUT2D eigenvalue weighted by Gasteiger charge is -2.29. The van der Waals surface area contributed by atoms with Crippen LogP contribution >= 0.6 is 0 Å². The third-order valence-electron chi connectivity index (χ3n) is 5.20. The Labute approximate surface area is 171 Å². The third kappa shape index (κ3) is 3.99. The van der Waals surface area contributed by atoms with Crippen molar-refractivity contribution in [3.05, 3.63) is 59.8 Å². The van der Waals surface area contributed by atoms with Crippen molar-refractivity contribution in [1.82, 2.24) is 9.99 Å². The summed E-state index contributed by atoms with van der Waals surface area (Å²) in [7, 11) is -3.73. The van der Waals surface area contributed by atoms with E-state index in [0.29, 0.717) is 32.0 Å². The van der Waals surface area contributed by atoms with E-state index in [4.69, 9.17) is 4.74 Å². The maximum absolute atomic E-state index is 13.5. The smallest absolute Gasteiger partial charge is 0.210 e. The van der Waals surface area contributed by atoms with E-state index in [1.165, 1.54) is 6.20 Å². The zero-order valence-electron chi connectivity index (χ0n) is 16.7. The number of fused-ring (bicyclic) bond motifs is 1. The molecular weight excluding hydrogens is 386 g/mol. The number of benzene rings is 2. The molecule has 4 rings (SSSR count). The number of nitrogens with zero attached hydrogens (tertiary/aromatic N) is 2. The molecule has 6 nitrogen and oxygen atoms in total. The van der Waals surface area contributed by atoms with Crippen LogP contribution in [-0.4, -0.2) is 44.7 Å². The Hall–Kier alpha value is -2.48. The number of nitrogens with one attached hydrogen (secondary N) is 1. The quantitative estimate of drug-likeness (QED) is 0.692. The lowest BCUT2D eigenvalue weighted by atomic mass is 10.1. The van der Waals surface area contributed by atoms with Crippen LogP contribution in [0.4, 0.5) is 5.69 Å². The molecule has 0 unspecified atom stereocenters. The summed E-state index contributed by atoms with van der Waals surface area (Å²) in [5.74, 6) is 0. The van der Waals surface area contributed by atoms with E-state index in [9.17, 15) is 8.42 Å². The van der Waals surface area contributed by atoms with Crippen molar-refractivity contribution < 1.29 is 13.2 Å². The van der Waals surface area contributed by atoms with Gasteiger partial charge in [-0.25, -0.2) is 13.4 Å². The predicted molar refractivity (Wildman–Crippen MR) is 114 cm³/mol. The average Bonchev–Trinajstić information content (AvgIpc) is 2.74. The van der Waals surface area contributed by atoms with E-state index >= 15 is 0 Å². The fourth-order valence-corrected chi connectivity index (χ4v) is 4.84. The number of sulfone groups is 1. The molecule has 0 amide bonds. The lowest BCUT2D eigenvalue weighted by molar-refractivity contribution is 0.0496. The van der Waals surface area contributed by atoms with Gasteiger partial charge in [-0.3, -0.25) is 4.98 Å². The Balaban J connectivity index is 1.86. The van der Waals surface area contributed by atoms with E-state index in [0.717, 1.165) is 28.5 Å². The standard InChI is InChI=1S/C22H25N3O3S/c1-3-17-5-7-18(8-6-17)29(26,27)21-15-23-20-9-4-16(2)14-19(20)22(21)24-25-10-12-28-13-11-25/h4-9,14-15H,3,10-13H2,1-2H3,(H,23,24). The van der Waals surface area contributed by atoms with Crippen LogP contribution in [-0.2, 0) is 21.0 Å². The van der Waals surface area contributed by atoms with Crippen molar-refractivity contribution >= 4 is 26.4 Å². The zero-order valence-corrected chi connectivity index (χ0v) is 17.5. The normalized spacial score (nSPS) is 15.5. The molecule has 2 heterocycles. The number of hydrogen-bond donors (Lipinski definition) is 1. The molecule has 7 heteroatoms. The molecule has 0 aliphatic carbocycles. The summed E-state index contributed by atoms with van der Waals surface area (Å²) in [4.78, 5) is 4.90. The van der Waals surface area contributed by atoms with Crippen LogP contribution in [0.3, 0.4) is 0 Å². The van der Waals surface area contributed by atoms with Crippen LogP contribution in [0.2, 0.25) is 0 Å². The highest BCUT2D eigenvalue weighted by Gasteiger charge is 2.25. The van der Waals surface area contributed by atoms with Crippen molar-refractivity contribution in [2.75, 3.05) is 31.7 Å². The highest BCUT2D eigenvalue weighted by molar-refractivity contribution is 7.91. The molecule has 2 aromatic carbocycles. The molecular formula is C22H25N3O3S. The van der Waals surface area contributed by atoms with Gasteiger partial charge in [-0.05, 0) is 43.2 Å². The van der Waals surface area contributed by atoms with Gasteiger partial charge in [0.2, 0.25) is 9.84 Å². The van der Waals surface area contributed by atoms with Crippen LogP contribution < -0.4 is 5.43 Å². The maximum Gasteiger partial charge on any atom is 0.210 e. The monoisotopic (exact) mass is 411 g/mol. The molecule has 29 heavy (non-hydrogen) atoms. The maximum atomic E-state index is 13.5. The average molecular weight is 412 g/mol. The Morgan fingerprint density at radius 1 is 1.10 bits per heavy atom. The van der Waals surface area contributed by atoms with Crippen molar-refractivity contribution in [2.24, 2.45) is 0 Å². The van der Waals surface area contributed by atoms with Crippen LogP contribution in [0.5, 0.6) is 0 Å². The highest BCUT2D eigenvalue weighted by Crippen LogP contribution is 2.34. The molecule has 1 saturated heterocycles. The Morgan fingerprint density at radius 3 is 2.52 bits per heavy atom. The minimum atomic E-state index is -3.73. The highest BCUT2D eigenvalue weighted by atomic mass is 32.2. The third-order valence-corrected chi connectivity index (χ3v) is 6.98. The SMILES string of the molecule is CCc1ccc(S(=O)(=O)c2cnc3ccc(C)cc3c2NN2CCOCC2)cc1. The molecule has 1 N–H and O–H groups in total. The summed E-state index contributed by atoms with van der Waals surface area (Å²) >= 11 is 0. The Kier molecular flexibility index (Phi) is 5.54. The van der Waals surface area contributed by atoms with Crippen LogP contribution in [0.15, 0.2) is 58.5 Å². The molecule has 0 saturated carbocycles. The number of ether oxygens (including phenoxy) is 1. The number of anilines is 1. The van der Waals surface area contributed by atoms with Crippen LogP contribution in [0.25, 0.3) is 10.9 Å². The fourth-order valence-electron chi connectivity index (χ4n) is 3.47. The summed E-state index contributed by atoms with van der Waals surface area (Å²) in [5, 5.41) is 2.79. The second-order valence-corrected chi connectivity index (χ2v) is 9.15. The molecule has 0 bridgehead atoms. The van der Waals surface area contributed by atoms with Crippen molar-refractivity contribution in [3.63, 3.8) is 0 Å². The van der Waals surface area contributed by atoms with E-state index in [-0.39, 0.29) is 9.79 Å². The molecule has 3 aromatic rings. The first-order valence-corrected chi connectivity index (χ1v) is 11.3. The molecule has 1 aromatic heterocycles. The van der Waals surface area contributed by atoms with Gasteiger partial charge in [-0.1, -0.05) is 30.7 Å². The lowest BCUT2D eigenvalue weighted by Crippen LogP contribution is -2.40. The molecule has 0 radical (unpaired) electrons. The molecule has 152 valence electrons. The number of hydrogen-bond acceptors (Lipinski definition) is 6. The van der Waals surface area contributed by atoms with Crippen LogP contribution in [0.1, 0.15) is 18.1 Å². The largest absolute Gasteiger partial charge is 0.379 e.